The first-order chi connectivity index (χ1) is 9.85. The number of morpholine rings is 1. The minimum absolute atomic E-state index is 0.113. The van der Waals surface area contributed by atoms with Crippen LogP contribution in [-0.2, 0) is 14.8 Å². The Hall–Kier alpha value is -1.25. The van der Waals surface area contributed by atoms with Crippen molar-refractivity contribution in [2.24, 2.45) is 0 Å². The van der Waals surface area contributed by atoms with E-state index in [4.69, 9.17) is 4.74 Å². The normalized spacial score (nSPS) is 19.4. The Balaban J connectivity index is 2.15. The number of aromatic nitrogens is 2. The van der Waals surface area contributed by atoms with Crippen LogP contribution in [0, 0.1) is 0 Å². The molecule has 1 saturated heterocycles. The van der Waals surface area contributed by atoms with Crippen molar-refractivity contribution in [2.75, 3.05) is 31.6 Å². The van der Waals surface area contributed by atoms with Gasteiger partial charge in [0.2, 0.25) is 16.0 Å². The summed E-state index contributed by atoms with van der Waals surface area (Å²) in [5.74, 6) is 0.443. The third-order valence-electron chi connectivity index (χ3n) is 3.19. The molecule has 2 rings (SSSR count). The van der Waals surface area contributed by atoms with Gasteiger partial charge >= 0.3 is 0 Å². The number of hydrogen-bond acceptors (Lipinski definition) is 6. The summed E-state index contributed by atoms with van der Waals surface area (Å²) >= 11 is 0. The highest BCUT2D eigenvalue weighted by Crippen LogP contribution is 2.23. The minimum atomic E-state index is -3.57. The van der Waals surface area contributed by atoms with Crippen LogP contribution in [0.2, 0.25) is 0 Å². The lowest BCUT2D eigenvalue weighted by molar-refractivity contribution is -0.0640. The highest BCUT2D eigenvalue weighted by molar-refractivity contribution is 7.89. The topological polar surface area (TPSA) is 84.4 Å². The van der Waals surface area contributed by atoms with Gasteiger partial charge in [-0.25, -0.2) is 18.4 Å². The maximum absolute atomic E-state index is 12.6. The molecule has 1 aliphatic heterocycles. The SMILES string of the molecule is CCCNc1ncc(S(=O)(=O)N2CCOC(C)(C)C2)cn1. The predicted octanol–water partition coefficient (Wildman–Crippen LogP) is 1.10. The Bertz CT molecular complexity index is 572. The van der Waals surface area contributed by atoms with Gasteiger partial charge in [-0.2, -0.15) is 4.31 Å². The number of anilines is 1. The van der Waals surface area contributed by atoms with Crippen molar-refractivity contribution in [3.8, 4) is 0 Å². The molecule has 0 spiro atoms. The average molecular weight is 314 g/mol. The van der Waals surface area contributed by atoms with Crippen LogP contribution in [0.25, 0.3) is 0 Å². The number of nitrogens with one attached hydrogen (secondary N) is 1. The summed E-state index contributed by atoms with van der Waals surface area (Å²) < 4.78 is 32.1. The minimum Gasteiger partial charge on any atom is -0.373 e. The molecule has 118 valence electrons. The number of rotatable bonds is 5. The van der Waals surface area contributed by atoms with Crippen molar-refractivity contribution in [2.45, 2.75) is 37.7 Å². The van der Waals surface area contributed by atoms with E-state index in [1.165, 1.54) is 16.7 Å². The second-order valence-electron chi connectivity index (χ2n) is 5.62. The van der Waals surface area contributed by atoms with Crippen molar-refractivity contribution < 1.29 is 13.2 Å². The molecule has 1 aliphatic rings. The van der Waals surface area contributed by atoms with E-state index in [9.17, 15) is 8.42 Å². The van der Waals surface area contributed by atoms with Crippen LogP contribution in [0.5, 0.6) is 0 Å². The van der Waals surface area contributed by atoms with E-state index in [1.54, 1.807) is 0 Å². The van der Waals surface area contributed by atoms with E-state index >= 15 is 0 Å². The van der Waals surface area contributed by atoms with Gasteiger partial charge in [-0.05, 0) is 20.3 Å². The van der Waals surface area contributed by atoms with Crippen molar-refractivity contribution in [3.63, 3.8) is 0 Å². The van der Waals surface area contributed by atoms with Crippen LogP contribution in [0.1, 0.15) is 27.2 Å². The zero-order valence-electron chi connectivity index (χ0n) is 12.7. The van der Waals surface area contributed by atoms with Crippen LogP contribution in [0.15, 0.2) is 17.3 Å². The quantitative estimate of drug-likeness (QED) is 0.876. The highest BCUT2D eigenvalue weighted by atomic mass is 32.2. The summed E-state index contributed by atoms with van der Waals surface area (Å²) in [6.07, 6.45) is 3.65. The molecule has 1 fully saturated rings. The first-order valence-electron chi connectivity index (χ1n) is 7.05. The fourth-order valence-corrected chi connectivity index (χ4v) is 3.57. The second kappa shape index (κ2) is 6.25. The monoisotopic (exact) mass is 314 g/mol. The Labute approximate surface area is 125 Å². The maximum Gasteiger partial charge on any atom is 0.246 e. The van der Waals surface area contributed by atoms with Crippen molar-refractivity contribution in [3.05, 3.63) is 12.4 Å². The first-order valence-corrected chi connectivity index (χ1v) is 8.49. The zero-order chi connectivity index (χ0) is 15.5. The van der Waals surface area contributed by atoms with Crippen LogP contribution in [0.4, 0.5) is 5.95 Å². The van der Waals surface area contributed by atoms with E-state index in [2.05, 4.69) is 15.3 Å². The van der Waals surface area contributed by atoms with Gasteiger partial charge in [0.15, 0.2) is 0 Å². The fraction of sp³-hybridized carbons (Fsp3) is 0.692. The zero-order valence-corrected chi connectivity index (χ0v) is 13.5. The fourth-order valence-electron chi connectivity index (χ4n) is 2.10. The lowest BCUT2D eigenvalue weighted by Crippen LogP contribution is -2.50. The van der Waals surface area contributed by atoms with Crippen molar-refractivity contribution in [1.29, 1.82) is 0 Å². The molecule has 0 aliphatic carbocycles. The lowest BCUT2D eigenvalue weighted by Gasteiger charge is -2.37. The van der Waals surface area contributed by atoms with E-state index in [-0.39, 0.29) is 4.90 Å². The van der Waals surface area contributed by atoms with Gasteiger partial charge < -0.3 is 10.1 Å². The molecular weight excluding hydrogens is 292 g/mol. The lowest BCUT2D eigenvalue weighted by atomic mass is 10.1. The van der Waals surface area contributed by atoms with Crippen molar-refractivity contribution >= 4 is 16.0 Å². The number of hydrogen-bond donors (Lipinski definition) is 1. The van der Waals surface area contributed by atoms with Crippen LogP contribution in [0.3, 0.4) is 0 Å². The maximum atomic E-state index is 12.6. The average Bonchev–Trinajstić information content (AvgIpc) is 2.44. The molecule has 0 atom stereocenters. The molecule has 1 aromatic heterocycles. The second-order valence-corrected chi connectivity index (χ2v) is 7.55. The number of ether oxygens (including phenoxy) is 1. The summed E-state index contributed by atoms with van der Waals surface area (Å²) in [7, 11) is -3.57. The number of nitrogens with zero attached hydrogens (tertiary/aromatic N) is 3. The molecule has 0 unspecified atom stereocenters. The van der Waals surface area contributed by atoms with Gasteiger partial charge in [-0.3, -0.25) is 0 Å². The Morgan fingerprint density at radius 1 is 1.38 bits per heavy atom. The Morgan fingerprint density at radius 2 is 2.05 bits per heavy atom. The molecule has 2 heterocycles. The van der Waals surface area contributed by atoms with Gasteiger partial charge in [0.05, 0.1) is 24.6 Å². The molecule has 7 nitrogen and oxygen atoms in total. The molecule has 8 heteroatoms. The molecule has 0 radical (unpaired) electrons. The Morgan fingerprint density at radius 3 is 2.62 bits per heavy atom. The van der Waals surface area contributed by atoms with Gasteiger partial charge in [-0.1, -0.05) is 6.92 Å². The summed E-state index contributed by atoms with van der Waals surface area (Å²) in [5.41, 5.74) is -0.477. The molecular formula is C13H22N4O3S. The Kier molecular flexibility index (Phi) is 4.80. The van der Waals surface area contributed by atoms with Gasteiger partial charge in [0.1, 0.15) is 4.90 Å². The first kappa shape index (κ1) is 16.1. The molecule has 0 aromatic carbocycles. The number of sulfonamides is 1. The largest absolute Gasteiger partial charge is 0.373 e. The van der Waals surface area contributed by atoms with E-state index in [0.717, 1.165) is 13.0 Å². The molecule has 1 aromatic rings. The van der Waals surface area contributed by atoms with Gasteiger partial charge in [0.25, 0.3) is 0 Å². The van der Waals surface area contributed by atoms with Crippen molar-refractivity contribution in [1.82, 2.24) is 14.3 Å². The van der Waals surface area contributed by atoms with Crippen LogP contribution >= 0.6 is 0 Å². The highest BCUT2D eigenvalue weighted by Gasteiger charge is 2.35. The van der Waals surface area contributed by atoms with E-state index in [0.29, 0.717) is 25.6 Å². The summed E-state index contributed by atoms with van der Waals surface area (Å²) in [5, 5.41) is 3.01. The van der Waals surface area contributed by atoms with E-state index < -0.39 is 15.6 Å². The third kappa shape index (κ3) is 3.90. The van der Waals surface area contributed by atoms with Crippen LogP contribution < -0.4 is 5.32 Å². The molecule has 21 heavy (non-hydrogen) atoms. The predicted molar refractivity (Wildman–Crippen MR) is 79.6 cm³/mol. The summed E-state index contributed by atoms with van der Waals surface area (Å²) in [4.78, 5) is 8.22. The van der Waals surface area contributed by atoms with Gasteiger partial charge in [0, 0.05) is 19.6 Å². The summed E-state index contributed by atoms with van der Waals surface area (Å²) in [6, 6.07) is 0. The standard InChI is InChI=1S/C13H22N4O3S/c1-4-5-14-12-15-8-11(9-16-12)21(18,19)17-6-7-20-13(2,3)10-17/h8-9H,4-7,10H2,1-3H3,(H,14,15,16). The smallest absolute Gasteiger partial charge is 0.246 e. The molecule has 0 bridgehead atoms. The molecule has 0 amide bonds. The van der Waals surface area contributed by atoms with E-state index in [1.807, 2.05) is 20.8 Å². The third-order valence-corrected chi connectivity index (χ3v) is 4.99. The van der Waals surface area contributed by atoms with Gasteiger partial charge in [-0.15, -0.1) is 0 Å². The molecule has 1 N–H and O–H groups in total. The molecule has 0 saturated carbocycles. The van der Waals surface area contributed by atoms with Crippen LogP contribution in [-0.4, -0.2) is 54.5 Å². The summed E-state index contributed by atoms with van der Waals surface area (Å²) in [6.45, 7) is 7.61.